The van der Waals surface area contributed by atoms with E-state index < -0.39 is 0 Å². The van der Waals surface area contributed by atoms with E-state index in [4.69, 9.17) is 0 Å². The molecule has 6 heteroatoms. The van der Waals surface area contributed by atoms with Crippen molar-refractivity contribution in [1.29, 1.82) is 0 Å². The molecule has 2 aromatic rings. The van der Waals surface area contributed by atoms with E-state index in [1.165, 1.54) is 6.20 Å². The fraction of sp³-hybridized carbons (Fsp3) is 0.353. The molecule has 1 aromatic heterocycles. The number of nitrogens with zero attached hydrogens (tertiary/aromatic N) is 3. The third-order valence-corrected chi connectivity index (χ3v) is 3.24. The number of amides is 1. The van der Waals surface area contributed by atoms with E-state index in [-0.39, 0.29) is 5.91 Å². The lowest BCUT2D eigenvalue weighted by Crippen LogP contribution is -2.27. The molecule has 0 aliphatic carbocycles. The zero-order chi connectivity index (χ0) is 16.7. The van der Waals surface area contributed by atoms with Crippen LogP contribution in [0, 0.1) is 6.92 Å². The molecule has 0 radical (unpaired) electrons. The van der Waals surface area contributed by atoms with E-state index in [0.717, 1.165) is 24.2 Å². The Bertz CT molecular complexity index is 640. The van der Waals surface area contributed by atoms with Gasteiger partial charge >= 0.3 is 0 Å². The monoisotopic (exact) mass is 313 g/mol. The highest BCUT2D eigenvalue weighted by molar-refractivity contribution is 5.92. The normalized spacial score (nSPS) is 10.6. The number of rotatable bonds is 7. The smallest absolute Gasteiger partial charge is 0.271 e. The quantitative estimate of drug-likeness (QED) is 0.767. The van der Waals surface area contributed by atoms with Crippen molar-refractivity contribution in [3.63, 3.8) is 0 Å². The summed E-state index contributed by atoms with van der Waals surface area (Å²) < 4.78 is 0. The fourth-order valence-electron chi connectivity index (χ4n) is 2.07. The summed E-state index contributed by atoms with van der Waals surface area (Å²) >= 11 is 0. The van der Waals surface area contributed by atoms with Crippen molar-refractivity contribution in [3.8, 4) is 0 Å². The Morgan fingerprint density at radius 2 is 2.04 bits per heavy atom. The average molecular weight is 313 g/mol. The van der Waals surface area contributed by atoms with Gasteiger partial charge in [-0.15, -0.1) is 0 Å². The zero-order valence-electron chi connectivity index (χ0n) is 13.8. The molecule has 0 saturated carbocycles. The van der Waals surface area contributed by atoms with Crippen LogP contribution in [0.4, 0.5) is 11.5 Å². The molecule has 0 aliphatic heterocycles. The number of carbonyl (C=O) groups is 1. The van der Waals surface area contributed by atoms with E-state index in [9.17, 15) is 4.79 Å². The van der Waals surface area contributed by atoms with Gasteiger partial charge in [-0.3, -0.25) is 4.79 Å². The van der Waals surface area contributed by atoms with Crippen LogP contribution in [0.1, 0.15) is 22.5 Å². The van der Waals surface area contributed by atoms with Crippen LogP contribution in [-0.2, 0) is 0 Å². The average Bonchev–Trinajstić information content (AvgIpc) is 2.52. The van der Waals surface area contributed by atoms with Crippen molar-refractivity contribution in [2.45, 2.75) is 13.3 Å². The van der Waals surface area contributed by atoms with Crippen LogP contribution in [0.2, 0.25) is 0 Å². The Labute approximate surface area is 137 Å². The topological polar surface area (TPSA) is 70.2 Å². The van der Waals surface area contributed by atoms with Crippen molar-refractivity contribution in [1.82, 2.24) is 20.2 Å². The fourth-order valence-corrected chi connectivity index (χ4v) is 2.07. The molecule has 1 aromatic carbocycles. The van der Waals surface area contributed by atoms with E-state index in [1.54, 1.807) is 6.20 Å². The molecular formula is C17H23N5O. The largest absolute Gasteiger partial charge is 0.351 e. The summed E-state index contributed by atoms with van der Waals surface area (Å²) in [6.07, 6.45) is 3.95. The first-order chi connectivity index (χ1) is 11.0. The lowest BCUT2D eigenvalue weighted by Gasteiger charge is -2.10. The van der Waals surface area contributed by atoms with Gasteiger partial charge in [0.25, 0.3) is 5.91 Å². The maximum absolute atomic E-state index is 12.0. The van der Waals surface area contributed by atoms with Crippen molar-refractivity contribution in [3.05, 3.63) is 47.9 Å². The van der Waals surface area contributed by atoms with Gasteiger partial charge in [0.1, 0.15) is 11.5 Å². The summed E-state index contributed by atoms with van der Waals surface area (Å²) in [5, 5.41) is 6.01. The van der Waals surface area contributed by atoms with Crippen LogP contribution in [0.25, 0.3) is 0 Å². The maximum atomic E-state index is 12.0. The molecule has 1 amide bonds. The lowest BCUT2D eigenvalue weighted by molar-refractivity contribution is 0.0947. The minimum Gasteiger partial charge on any atom is -0.351 e. The molecule has 1 heterocycles. The standard InChI is InChI=1S/C17H23N5O/c1-13-6-4-7-14(10-13)21-16-12-19-15(11-20-16)17(23)18-8-5-9-22(2)3/h4,6-7,10-12H,5,8-9H2,1-3H3,(H,18,23)(H,20,21). The Morgan fingerprint density at radius 3 is 2.70 bits per heavy atom. The van der Waals surface area contributed by atoms with Crippen molar-refractivity contribution >= 4 is 17.4 Å². The summed E-state index contributed by atoms with van der Waals surface area (Å²) in [4.78, 5) is 22.4. The molecular weight excluding hydrogens is 290 g/mol. The molecule has 0 fully saturated rings. The van der Waals surface area contributed by atoms with E-state index in [2.05, 4.69) is 25.5 Å². The summed E-state index contributed by atoms with van der Waals surface area (Å²) in [5.74, 6) is 0.415. The van der Waals surface area contributed by atoms with Gasteiger partial charge in [0.2, 0.25) is 0 Å². The number of hydrogen-bond donors (Lipinski definition) is 2. The van der Waals surface area contributed by atoms with Gasteiger partial charge in [0.15, 0.2) is 0 Å². The second kappa shape index (κ2) is 8.24. The summed E-state index contributed by atoms with van der Waals surface area (Å²) in [6.45, 7) is 3.59. The Morgan fingerprint density at radius 1 is 1.22 bits per heavy atom. The highest BCUT2D eigenvalue weighted by atomic mass is 16.1. The predicted octanol–water partition coefficient (Wildman–Crippen LogP) is 2.21. The highest BCUT2D eigenvalue weighted by Gasteiger charge is 2.07. The summed E-state index contributed by atoms with van der Waals surface area (Å²) in [6, 6.07) is 7.98. The molecule has 6 nitrogen and oxygen atoms in total. The molecule has 2 rings (SSSR count). The first-order valence-electron chi connectivity index (χ1n) is 7.63. The van der Waals surface area contributed by atoms with Gasteiger partial charge in [0.05, 0.1) is 12.4 Å². The summed E-state index contributed by atoms with van der Waals surface area (Å²) in [7, 11) is 4.01. The summed E-state index contributed by atoms with van der Waals surface area (Å²) in [5.41, 5.74) is 2.43. The lowest BCUT2D eigenvalue weighted by atomic mass is 10.2. The van der Waals surface area contributed by atoms with Gasteiger partial charge in [-0.25, -0.2) is 9.97 Å². The third kappa shape index (κ3) is 5.67. The van der Waals surface area contributed by atoms with Gasteiger partial charge < -0.3 is 15.5 Å². The van der Waals surface area contributed by atoms with E-state index >= 15 is 0 Å². The molecule has 0 aliphatic rings. The van der Waals surface area contributed by atoms with E-state index in [0.29, 0.717) is 18.1 Å². The van der Waals surface area contributed by atoms with Crippen LogP contribution in [0.15, 0.2) is 36.7 Å². The van der Waals surface area contributed by atoms with Gasteiger partial charge in [-0.2, -0.15) is 0 Å². The third-order valence-electron chi connectivity index (χ3n) is 3.24. The Hall–Kier alpha value is -2.47. The van der Waals surface area contributed by atoms with Crippen LogP contribution in [0.5, 0.6) is 0 Å². The highest BCUT2D eigenvalue weighted by Crippen LogP contribution is 2.14. The van der Waals surface area contributed by atoms with E-state index in [1.807, 2.05) is 45.3 Å². The molecule has 2 N–H and O–H groups in total. The number of benzene rings is 1. The number of aryl methyl sites for hydroxylation is 1. The second-order valence-corrected chi connectivity index (χ2v) is 5.69. The number of carbonyl (C=O) groups excluding carboxylic acids is 1. The number of nitrogens with one attached hydrogen (secondary N) is 2. The molecule has 122 valence electrons. The second-order valence-electron chi connectivity index (χ2n) is 5.69. The zero-order valence-corrected chi connectivity index (χ0v) is 13.8. The van der Waals surface area contributed by atoms with Crippen molar-refractivity contribution in [2.75, 3.05) is 32.5 Å². The number of anilines is 2. The van der Waals surface area contributed by atoms with Gasteiger partial charge in [-0.05, 0) is 51.7 Å². The minimum absolute atomic E-state index is 0.196. The van der Waals surface area contributed by atoms with Crippen LogP contribution >= 0.6 is 0 Å². The Kier molecular flexibility index (Phi) is 6.05. The SMILES string of the molecule is Cc1cccc(Nc2cnc(C(=O)NCCCN(C)C)cn2)c1. The Balaban J connectivity index is 1.87. The molecule has 0 unspecified atom stereocenters. The number of aromatic nitrogens is 2. The first kappa shape index (κ1) is 16.9. The maximum Gasteiger partial charge on any atom is 0.271 e. The molecule has 0 saturated heterocycles. The molecule has 0 bridgehead atoms. The first-order valence-corrected chi connectivity index (χ1v) is 7.63. The predicted molar refractivity (Wildman–Crippen MR) is 92.0 cm³/mol. The molecule has 0 spiro atoms. The molecule has 0 atom stereocenters. The van der Waals surface area contributed by atoms with Gasteiger partial charge in [0, 0.05) is 12.2 Å². The number of hydrogen-bond acceptors (Lipinski definition) is 5. The van der Waals surface area contributed by atoms with Crippen LogP contribution in [0.3, 0.4) is 0 Å². The van der Waals surface area contributed by atoms with Crippen LogP contribution in [-0.4, -0.2) is 48.0 Å². The minimum atomic E-state index is -0.196. The van der Waals surface area contributed by atoms with Crippen LogP contribution < -0.4 is 10.6 Å². The van der Waals surface area contributed by atoms with Gasteiger partial charge in [-0.1, -0.05) is 12.1 Å². The molecule has 23 heavy (non-hydrogen) atoms. The van der Waals surface area contributed by atoms with Crippen molar-refractivity contribution < 1.29 is 4.79 Å². The van der Waals surface area contributed by atoms with Crippen molar-refractivity contribution in [2.24, 2.45) is 0 Å².